The molecule has 1 atom stereocenters. The van der Waals surface area contributed by atoms with Crippen LogP contribution in [0, 0.1) is 17.2 Å². The van der Waals surface area contributed by atoms with E-state index < -0.39 is 5.92 Å². The standard InChI is InChI=1S/C17H16N2OS/c1-21-16-10-6-5-9-15(16)19-17(20)14(12-18)11-13-7-3-2-4-8-13/h2-10,14H,11H2,1H3,(H,19,20). The minimum absolute atomic E-state index is 0.261. The number of thioether (sulfide) groups is 1. The molecule has 1 amide bonds. The van der Waals surface area contributed by atoms with Gasteiger partial charge in [-0.3, -0.25) is 4.79 Å². The minimum atomic E-state index is -0.692. The summed E-state index contributed by atoms with van der Waals surface area (Å²) in [6, 6.07) is 19.3. The minimum Gasteiger partial charge on any atom is -0.324 e. The number of para-hydroxylation sites is 1. The summed E-state index contributed by atoms with van der Waals surface area (Å²) in [7, 11) is 0. The molecule has 3 nitrogen and oxygen atoms in total. The molecule has 2 aromatic rings. The van der Waals surface area contributed by atoms with Crippen molar-refractivity contribution < 1.29 is 4.79 Å². The van der Waals surface area contributed by atoms with Crippen LogP contribution in [0.15, 0.2) is 59.5 Å². The van der Waals surface area contributed by atoms with E-state index in [2.05, 4.69) is 11.4 Å². The van der Waals surface area contributed by atoms with E-state index in [-0.39, 0.29) is 5.91 Å². The fourth-order valence-electron chi connectivity index (χ4n) is 2.01. The Kier molecular flexibility index (Phi) is 5.42. The van der Waals surface area contributed by atoms with Crippen LogP contribution >= 0.6 is 11.8 Å². The zero-order chi connectivity index (χ0) is 15.1. The molecule has 1 unspecified atom stereocenters. The van der Waals surface area contributed by atoms with Gasteiger partial charge in [0, 0.05) is 4.90 Å². The summed E-state index contributed by atoms with van der Waals surface area (Å²) in [4.78, 5) is 13.3. The number of nitrogens with one attached hydrogen (secondary N) is 1. The number of hydrogen-bond acceptors (Lipinski definition) is 3. The molecule has 0 aromatic heterocycles. The second-order valence-corrected chi connectivity index (χ2v) is 5.41. The summed E-state index contributed by atoms with van der Waals surface area (Å²) >= 11 is 1.56. The van der Waals surface area contributed by atoms with Crippen molar-refractivity contribution in [3.05, 3.63) is 60.2 Å². The van der Waals surface area contributed by atoms with Gasteiger partial charge in [-0.15, -0.1) is 11.8 Å². The first-order valence-corrected chi connectivity index (χ1v) is 7.84. The number of rotatable bonds is 5. The van der Waals surface area contributed by atoms with Crippen LogP contribution in [0.1, 0.15) is 5.56 Å². The highest BCUT2D eigenvalue weighted by Gasteiger charge is 2.19. The van der Waals surface area contributed by atoms with Crippen molar-refractivity contribution >= 4 is 23.4 Å². The van der Waals surface area contributed by atoms with Gasteiger partial charge in [-0.25, -0.2) is 0 Å². The molecule has 0 aliphatic heterocycles. The molecule has 21 heavy (non-hydrogen) atoms. The first-order chi connectivity index (χ1) is 10.2. The fraction of sp³-hybridized carbons (Fsp3) is 0.176. The Bertz CT molecular complexity index is 649. The average Bonchev–Trinajstić information content (AvgIpc) is 2.54. The number of amides is 1. The number of nitrogens with zero attached hydrogens (tertiary/aromatic N) is 1. The predicted molar refractivity (Wildman–Crippen MR) is 86.1 cm³/mol. The van der Waals surface area contributed by atoms with E-state index in [0.717, 1.165) is 16.1 Å². The van der Waals surface area contributed by atoms with E-state index in [1.165, 1.54) is 0 Å². The third-order valence-electron chi connectivity index (χ3n) is 3.12. The Morgan fingerprint density at radius 3 is 2.52 bits per heavy atom. The molecule has 2 aromatic carbocycles. The molecule has 0 bridgehead atoms. The highest BCUT2D eigenvalue weighted by atomic mass is 32.2. The molecule has 4 heteroatoms. The van der Waals surface area contributed by atoms with Crippen LogP contribution in [-0.4, -0.2) is 12.2 Å². The molecule has 0 saturated heterocycles. The molecule has 2 rings (SSSR count). The Morgan fingerprint density at radius 2 is 1.86 bits per heavy atom. The lowest BCUT2D eigenvalue weighted by molar-refractivity contribution is -0.118. The van der Waals surface area contributed by atoms with Crippen LogP contribution in [0.5, 0.6) is 0 Å². The lowest BCUT2D eigenvalue weighted by Gasteiger charge is -2.12. The van der Waals surface area contributed by atoms with Crippen LogP contribution in [0.25, 0.3) is 0 Å². The number of carbonyl (C=O) groups is 1. The van der Waals surface area contributed by atoms with Crippen LogP contribution in [-0.2, 0) is 11.2 Å². The van der Waals surface area contributed by atoms with Gasteiger partial charge in [-0.05, 0) is 30.4 Å². The Labute approximate surface area is 129 Å². The monoisotopic (exact) mass is 296 g/mol. The molecule has 106 valence electrons. The van der Waals surface area contributed by atoms with Crippen molar-refractivity contribution in [1.29, 1.82) is 5.26 Å². The van der Waals surface area contributed by atoms with Gasteiger partial charge in [0.15, 0.2) is 0 Å². The van der Waals surface area contributed by atoms with E-state index in [9.17, 15) is 10.1 Å². The second-order valence-electron chi connectivity index (χ2n) is 4.56. The molecule has 1 N–H and O–H groups in total. The van der Waals surface area contributed by atoms with E-state index in [1.54, 1.807) is 11.8 Å². The summed E-state index contributed by atoms with van der Waals surface area (Å²) in [5, 5.41) is 12.1. The second kappa shape index (κ2) is 7.51. The quantitative estimate of drug-likeness (QED) is 0.855. The molecule has 0 fully saturated rings. The average molecular weight is 296 g/mol. The summed E-state index contributed by atoms with van der Waals surface area (Å²) in [6.07, 6.45) is 2.38. The molecule has 0 spiro atoms. The van der Waals surface area contributed by atoms with Gasteiger partial charge >= 0.3 is 0 Å². The number of nitriles is 1. The smallest absolute Gasteiger partial charge is 0.242 e. The number of carbonyl (C=O) groups excluding carboxylic acids is 1. The Morgan fingerprint density at radius 1 is 1.19 bits per heavy atom. The maximum absolute atomic E-state index is 12.3. The van der Waals surface area contributed by atoms with Crippen LogP contribution < -0.4 is 5.32 Å². The highest BCUT2D eigenvalue weighted by molar-refractivity contribution is 7.98. The zero-order valence-electron chi connectivity index (χ0n) is 11.7. The third kappa shape index (κ3) is 4.11. The lowest BCUT2D eigenvalue weighted by atomic mass is 10.00. The van der Waals surface area contributed by atoms with Gasteiger partial charge in [0.1, 0.15) is 5.92 Å². The first-order valence-electron chi connectivity index (χ1n) is 6.62. The highest BCUT2D eigenvalue weighted by Crippen LogP contribution is 2.25. The van der Waals surface area contributed by atoms with Gasteiger partial charge < -0.3 is 5.32 Å². The maximum atomic E-state index is 12.3. The van der Waals surface area contributed by atoms with E-state index in [4.69, 9.17) is 0 Å². The fourth-order valence-corrected chi connectivity index (χ4v) is 2.57. The van der Waals surface area contributed by atoms with Gasteiger partial charge in [0.05, 0.1) is 11.8 Å². The molecule has 0 radical (unpaired) electrons. The van der Waals surface area contributed by atoms with E-state index in [1.807, 2.05) is 60.9 Å². The van der Waals surface area contributed by atoms with Crippen molar-refractivity contribution in [3.63, 3.8) is 0 Å². The van der Waals surface area contributed by atoms with Crippen molar-refractivity contribution in [1.82, 2.24) is 0 Å². The van der Waals surface area contributed by atoms with E-state index >= 15 is 0 Å². The van der Waals surface area contributed by atoms with Gasteiger partial charge in [-0.2, -0.15) is 5.26 Å². The van der Waals surface area contributed by atoms with Crippen molar-refractivity contribution in [2.24, 2.45) is 5.92 Å². The van der Waals surface area contributed by atoms with Gasteiger partial charge in [0.2, 0.25) is 5.91 Å². The third-order valence-corrected chi connectivity index (χ3v) is 3.92. The predicted octanol–water partition coefficient (Wildman–Crippen LogP) is 3.73. The van der Waals surface area contributed by atoms with Gasteiger partial charge in [-0.1, -0.05) is 42.5 Å². The molecule has 0 aliphatic rings. The first kappa shape index (κ1) is 15.1. The Balaban J connectivity index is 2.09. The maximum Gasteiger partial charge on any atom is 0.242 e. The summed E-state index contributed by atoms with van der Waals surface area (Å²) < 4.78 is 0. The lowest BCUT2D eigenvalue weighted by Crippen LogP contribution is -2.23. The molecule has 0 aliphatic carbocycles. The molecular formula is C17H16N2OS. The number of hydrogen-bond donors (Lipinski definition) is 1. The molecular weight excluding hydrogens is 280 g/mol. The summed E-state index contributed by atoms with van der Waals surface area (Å²) in [5.74, 6) is -0.954. The van der Waals surface area contributed by atoms with Gasteiger partial charge in [0.25, 0.3) is 0 Å². The van der Waals surface area contributed by atoms with Crippen LogP contribution in [0.2, 0.25) is 0 Å². The van der Waals surface area contributed by atoms with Crippen LogP contribution in [0.3, 0.4) is 0 Å². The van der Waals surface area contributed by atoms with E-state index in [0.29, 0.717) is 6.42 Å². The molecule has 0 saturated carbocycles. The van der Waals surface area contributed by atoms with Crippen molar-refractivity contribution in [2.75, 3.05) is 11.6 Å². The number of benzene rings is 2. The SMILES string of the molecule is CSc1ccccc1NC(=O)C(C#N)Cc1ccccc1. The topological polar surface area (TPSA) is 52.9 Å². The zero-order valence-corrected chi connectivity index (χ0v) is 12.6. The van der Waals surface area contributed by atoms with Crippen molar-refractivity contribution in [3.8, 4) is 6.07 Å². The normalized spacial score (nSPS) is 11.4. The summed E-state index contributed by atoms with van der Waals surface area (Å²) in [6.45, 7) is 0. The largest absolute Gasteiger partial charge is 0.324 e. The Hall–Kier alpha value is -2.25. The summed E-state index contributed by atoms with van der Waals surface area (Å²) in [5.41, 5.74) is 1.74. The van der Waals surface area contributed by atoms with Crippen molar-refractivity contribution in [2.45, 2.75) is 11.3 Å². The van der Waals surface area contributed by atoms with Crippen LogP contribution in [0.4, 0.5) is 5.69 Å². The number of anilines is 1. The molecule has 0 heterocycles.